The summed E-state index contributed by atoms with van der Waals surface area (Å²) in [7, 11) is 0. The van der Waals surface area contributed by atoms with E-state index in [4.69, 9.17) is 0 Å². The van der Waals surface area contributed by atoms with Crippen LogP contribution in [0.5, 0.6) is 0 Å². The van der Waals surface area contributed by atoms with Crippen molar-refractivity contribution in [1.82, 2.24) is 5.32 Å². The minimum Gasteiger partial charge on any atom is -0.350 e. The molecule has 0 radical (unpaired) electrons. The highest BCUT2D eigenvalue weighted by Crippen LogP contribution is 2.11. The minimum absolute atomic E-state index is 0.122. The Morgan fingerprint density at radius 1 is 1.53 bits per heavy atom. The van der Waals surface area contributed by atoms with E-state index in [1.54, 1.807) is 0 Å². The average Bonchev–Trinajstić information content (AvgIpc) is 2.21. The van der Waals surface area contributed by atoms with Crippen molar-refractivity contribution in [3.8, 4) is 0 Å². The van der Waals surface area contributed by atoms with Crippen LogP contribution in [0.3, 0.4) is 0 Å². The van der Waals surface area contributed by atoms with E-state index in [0.717, 1.165) is 10.9 Å². The molecule has 0 saturated heterocycles. The second-order valence-corrected chi connectivity index (χ2v) is 4.36. The molecule has 0 spiro atoms. The summed E-state index contributed by atoms with van der Waals surface area (Å²) in [4.78, 5) is 11.0. The molecular formula is C12H14BrNO. The van der Waals surface area contributed by atoms with Gasteiger partial charge in [0, 0.05) is 10.5 Å². The van der Waals surface area contributed by atoms with Crippen molar-refractivity contribution in [3.63, 3.8) is 0 Å². The van der Waals surface area contributed by atoms with Gasteiger partial charge in [0.1, 0.15) is 0 Å². The quantitative estimate of drug-likeness (QED) is 0.836. The number of benzene rings is 1. The zero-order chi connectivity index (χ0) is 11.3. The normalized spacial score (nSPS) is 11.9. The fraction of sp³-hybridized carbons (Fsp3) is 0.250. The molecule has 0 aliphatic carbocycles. The smallest absolute Gasteiger partial charge is 0.243 e. The first-order chi connectivity index (χ1) is 7.11. The third kappa shape index (κ3) is 4.30. The van der Waals surface area contributed by atoms with Gasteiger partial charge in [-0.05, 0) is 37.1 Å². The molecule has 0 fully saturated rings. The van der Waals surface area contributed by atoms with Gasteiger partial charge in [-0.2, -0.15) is 0 Å². The van der Waals surface area contributed by atoms with Gasteiger partial charge in [0.2, 0.25) is 5.91 Å². The van der Waals surface area contributed by atoms with Crippen molar-refractivity contribution in [1.29, 1.82) is 0 Å². The zero-order valence-electron chi connectivity index (χ0n) is 8.66. The first-order valence-electron chi connectivity index (χ1n) is 4.79. The topological polar surface area (TPSA) is 29.1 Å². The van der Waals surface area contributed by atoms with Crippen LogP contribution in [-0.2, 0) is 11.2 Å². The maximum Gasteiger partial charge on any atom is 0.243 e. The van der Waals surface area contributed by atoms with Gasteiger partial charge in [0.05, 0.1) is 0 Å². The number of rotatable bonds is 4. The van der Waals surface area contributed by atoms with Gasteiger partial charge < -0.3 is 5.32 Å². The largest absolute Gasteiger partial charge is 0.350 e. The second-order valence-electron chi connectivity index (χ2n) is 3.44. The molecule has 1 amide bonds. The van der Waals surface area contributed by atoms with Crippen LogP contribution in [0.15, 0.2) is 41.4 Å². The number of carbonyl (C=O) groups excluding carboxylic acids is 1. The van der Waals surface area contributed by atoms with Gasteiger partial charge in [-0.25, -0.2) is 0 Å². The van der Waals surface area contributed by atoms with Gasteiger partial charge in [-0.15, -0.1) is 0 Å². The monoisotopic (exact) mass is 267 g/mol. The first kappa shape index (κ1) is 12.0. The highest BCUT2D eigenvalue weighted by atomic mass is 79.9. The molecular weight excluding hydrogens is 254 g/mol. The summed E-state index contributed by atoms with van der Waals surface area (Å²) < 4.78 is 1.06. The molecule has 15 heavy (non-hydrogen) atoms. The number of nitrogens with one attached hydrogen (secondary N) is 1. The Kier molecular flexibility index (Phi) is 4.56. The molecule has 2 nitrogen and oxygen atoms in total. The molecule has 1 aromatic rings. The molecule has 0 aromatic heterocycles. The zero-order valence-corrected chi connectivity index (χ0v) is 10.3. The number of halogens is 1. The van der Waals surface area contributed by atoms with E-state index in [1.807, 2.05) is 31.2 Å². The van der Waals surface area contributed by atoms with Gasteiger partial charge in [0.15, 0.2) is 0 Å². The summed E-state index contributed by atoms with van der Waals surface area (Å²) in [6, 6.07) is 8.20. The molecule has 1 atom stereocenters. The van der Waals surface area contributed by atoms with Crippen LogP contribution in [-0.4, -0.2) is 11.9 Å². The Balaban J connectivity index is 2.51. The molecule has 1 rings (SSSR count). The maximum atomic E-state index is 11.0. The number of carbonyl (C=O) groups is 1. The van der Waals surface area contributed by atoms with E-state index in [2.05, 4.69) is 27.8 Å². The molecule has 1 unspecified atom stereocenters. The van der Waals surface area contributed by atoms with Crippen molar-refractivity contribution in [2.24, 2.45) is 0 Å². The van der Waals surface area contributed by atoms with E-state index in [9.17, 15) is 4.79 Å². The fourth-order valence-corrected chi connectivity index (χ4v) is 1.59. The van der Waals surface area contributed by atoms with E-state index in [-0.39, 0.29) is 11.9 Å². The van der Waals surface area contributed by atoms with Gasteiger partial charge in [-0.1, -0.05) is 34.6 Å². The molecule has 0 aliphatic rings. The maximum absolute atomic E-state index is 11.0. The SMILES string of the molecule is C=CC(=O)NC(C)Cc1ccc(Br)cc1. The number of amides is 1. The van der Waals surface area contributed by atoms with E-state index < -0.39 is 0 Å². The Labute approximate surface area is 98.5 Å². The van der Waals surface area contributed by atoms with E-state index in [1.165, 1.54) is 11.6 Å². The van der Waals surface area contributed by atoms with Gasteiger partial charge in [0.25, 0.3) is 0 Å². The van der Waals surface area contributed by atoms with Gasteiger partial charge in [-0.3, -0.25) is 4.79 Å². The summed E-state index contributed by atoms with van der Waals surface area (Å²) in [5, 5.41) is 2.82. The Morgan fingerprint density at radius 2 is 2.13 bits per heavy atom. The van der Waals surface area contributed by atoms with Crippen molar-refractivity contribution in [2.75, 3.05) is 0 Å². The standard InChI is InChI=1S/C12H14BrNO/c1-3-12(15)14-9(2)8-10-4-6-11(13)7-5-10/h3-7,9H,1,8H2,2H3,(H,14,15). The molecule has 0 aliphatic heterocycles. The van der Waals surface area contributed by atoms with E-state index in [0.29, 0.717) is 0 Å². The van der Waals surface area contributed by atoms with Crippen molar-refractivity contribution < 1.29 is 4.79 Å². The average molecular weight is 268 g/mol. The minimum atomic E-state index is -0.125. The lowest BCUT2D eigenvalue weighted by Gasteiger charge is -2.12. The molecule has 0 heterocycles. The van der Waals surface area contributed by atoms with Crippen LogP contribution in [0.25, 0.3) is 0 Å². The van der Waals surface area contributed by atoms with Crippen LogP contribution in [0.4, 0.5) is 0 Å². The highest BCUT2D eigenvalue weighted by Gasteiger charge is 2.04. The lowest BCUT2D eigenvalue weighted by atomic mass is 10.1. The van der Waals surface area contributed by atoms with Crippen LogP contribution < -0.4 is 5.32 Å². The number of hydrogen-bond donors (Lipinski definition) is 1. The first-order valence-corrected chi connectivity index (χ1v) is 5.58. The van der Waals surface area contributed by atoms with Crippen LogP contribution in [0, 0.1) is 0 Å². The second kappa shape index (κ2) is 5.71. The fourth-order valence-electron chi connectivity index (χ4n) is 1.33. The number of hydrogen-bond acceptors (Lipinski definition) is 1. The van der Waals surface area contributed by atoms with Crippen molar-refractivity contribution in [3.05, 3.63) is 47.0 Å². The molecule has 80 valence electrons. The Morgan fingerprint density at radius 3 is 2.67 bits per heavy atom. The molecule has 0 bridgehead atoms. The van der Waals surface area contributed by atoms with E-state index >= 15 is 0 Å². The lowest BCUT2D eigenvalue weighted by Crippen LogP contribution is -2.32. The molecule has 1 N–H and O–H groups in total. The molecule has 1 aromatic carbocycles. The summed E-state index contributed by atoms with van der Waals surface area (Å²) in [6.45, 7) is 5.39. The van der Waals surface area contributed by atoms with Gasteiger partial charge >= 0.3 is 0 Å². The third-order valence-electron chi connectivity index (χ3n) is 2.03. The van der Waals surface area contributed by atoms with Crippen molar-refractivity contribution >= 4 is 21.8 Å². The third-order valence-corrected chi connectivity index (χ3v) is 2.56. The summed E-state index contributed by atoms with van der Waals surface area (Å²) in [5.74, 6) is -0.125. The Bertz CT molecular complexity index is 345. The Hall–Kier alpha value is -1.09. The van der Waals surface area contributed by atoms with Crippen LogP contribution in [0.1, 0.15) is 12.5 Å². The predicted molar refractivity (Wildman–Crippen MR) is 65.6 cm³/mol. The van der Waals surface area contributed by atoms with Crippen LogP contribution in [0.2, 0.25) is 0 Å². The summed E-state index contributed by atoms with van der Waals surface area (Å²) in [6.07, 6.45) is 2.12. The molecule has 3 heteroatoms. The molecule has 0 saturated carbocycles. The lowest BCUT2D eigenvalue weighted by molar-refractivity contribution is -0.117. The highest BCUT2D eigenvalue weighted by molar-refractivity contribution is 9.10. The summed E-state index contributed by atoms with van der Waals surface area (Å²) in [5.41, 5.74) is 1.20. The summed E-state index contributed by atoms with van der Waals surface area (Å²) >= 11 is 3.38. The van der Waals surface area contributed by atoms with Crippen LogP contribution >= 0.6 is 15.9 Å². The van der Waals surface area contributed by atoms with Crippen molar-refractivity contribution in [2.45, 2.75) is 19.4 Å². The predicted octanol–water partition coefficient (Wildman–Crippen LogP) is 2.68.